The average Bonchev–Trinajstić information content (AvgIpc) is 3.20. The van der Waals surface area contributed by atoms with Crippen molar-refractivity contribution in [1.29, 1.82) is 0 Å². The molecule has 2 fully saturated rings. The molecule has 0 saturated heterocycles. The first-order chi connectivity index (χ1) is 8.18. The lowest BCUT2D eigenvalue weighted by Gasteiger charge is -2.19. The zero-order chi connectivity index (χ0) is 12.0. The van der Waals surface area contributed by atoms with E-state index in [1.165, 1.54) is 41.3 Å². The van der Waals surface area contributed by atoms with Crippen LogP contribution in [-0.4, -0.2) is 0 Å². The van der Waals surface area contributed by atoms with Crippen molar-refractivity contribution in [2.24, 2.45) is 11.8 Å². The van der Waals surface area contributed by atoms with E-state index in [2.05, 4.69) is 48.0 Å². The van der Waals surface area contributed by atoms with E-state index in [4.69, 9.17) is 0 Å². The van der Waals surface area contributed by atoms with Gasteiger partial charge in [0.05, 0.1) is 0 Å². The summed E-state index contributed by atoms with van der Waals surface area (Å²) in [5, 5.41) is 0. The fourth-order valence-electron chi connectivity index (χ4n) is 2.97. The van der Waals surface area contributed by atoms with Crippen molar-refractivity contribution in [3.05, 3.63) is 33.8 Å². The molecule has 2 aliphatic rings. The zero-order valence-electron chi connectivity index (χ0n) is 10.7. The molecule has 1 heteroatoms. The van der Waals surface area contributed by atoms with E-state index in [1.54, 1.807) is 0 Å². The van der Waals surface area contributed by atoms with Crippen LogP contribution in [0.1, 0.15) is 62.5 Å². The average molecular weight is 293 g/mol. The van der Waals surface area contributed by atoms with Crippen molar-refractivity contribution in [3.8, 4) is 0 Å². The van der Waals surface area contributed by atoms with Gasteiger partial charge in [-0.25, -0.2) is 0 Å². The predicted octanol–water partition coefficient (Wildman–Crippen LogP) is 5.48. The Morgan fingerprint density at radius 3 is 1.71 bits per heavy atom. The lowest BCUT2D eigenvalue weighted by Crippen LogP contribution is -2.03. The Hall–Kier alpha value is -0.300. The molecule has 0 bridgehead atoms. The first-order valence-electron chi connectivity index (χ1n) is 6.96. The van der Waals surface area contributed by atoms with E-state index in [1.807, 2.05) is 0 Å². The van der Waals surface area contributed by atoms with Crippen LogP contribution in [0.25, 0.3) is 0 Å². The van der Waals surface area contributed by atoms with Crippen molar-refractivity contribution < 1.29 is 0 Å². The summed E-state index contributed by atoms with van der Waals surface area (Å²) < 4.78 is 1.40. The molecule has 0 radical (unpaired) electrons. The normalized spacial score (nSPS) is 23.5. The van der Waals surface area contributed by atoms with E-state index in [0.29, 0.717) is 0 Å². The van der Waals surface area contributed by atoms with Crippen LogP contribution in [-0.2, 0) is 0 Å². The summed E-state index contributed by atoms with van der Waals surface area (Å²) in [4.78, 5) is 0. The van der Waals surface area contributed by atoms with Crippen molar-refractivity contribution >= 4 is 15.9 Å². The summed E-state index contributed by atoms with van der Waals surface area (Å²) in [5.74, 6) is 3.35. The quantitative estimate of drug-likeness (QED) is 0.690. The minimum Gasteiger partial charge on any atom is -0.0616 e. The van der Waals surface area contributed by atoms with Crippen molar-refractivity contribution in [3.63, 3.8) is 0 Å². The lowest BCUT2D eigenvalue weighted by molar-refractivity contribution is 0.639. The molecule has 1 aromatic rings. The smallest absolute Gasteiger partial charge is 0.0244 e. The number of halogens is 1. The third-order valence-corrected chi connectivity index (χ3v) is 5.61. The van der Waals surface area contributed by atoms with Gasteiger partial charge in [-0.3, -0.25) is 0 Å². The van der Waals surface area contributed by atoms with Crippen LogP contribution in [0.4, 0.5) is 0 Å². The number of rotatable bonds is 4. The molecule has 0 heterocycles. The Bertz CT molecular complexity index is 379. The Morgan fingerprint density at radius 1 is 0.941 bits per heavy atom. The Kier molecular flexibility index (Phi) is 3.06. The molecule has 2 atom stereocenters. The van der Waals surface area contributed by atoms with Gasteiger partial charge in [0.2, 0.25) is 0 Å². The molecule has 92 valence electrons. The fourth-order valence-corrected chi connectivity index (χ4v) is 3.96. The maximum absolute atomic E-state index is 3.87. The third-order valence-electron chi connectivity index (χ3n) is 4.70. The molecule has 3 rings (SSSR count). The van der Waals surface area contributed by atoms with E-state index in [9.17, 15) is 0 Å². The summed E-state index contributed by atoms with van der Waals surface area (Å²) in [5.41, 5.74) is 3.08. The molecule has 0 amide bonds. The molecule has 17 heavy (non-hydrogen) atoms. The lowest BCUT2D eigenvalue weighted by atomic mass is 9.90. The number of hydrogen-bond donors (Lipinski definition) is 0. The molecule has 0 aromatic heterocycles. The second-order valence-corrected chi connectivity index (χ2v) is 6.80. The van der Waals surface area contributed by atoms with Gasteiger partial charge in [0.15, 0.2) is 0 Å². The Balaban J connectivity index is 1.91. The van der Waals surface area contributed by atoms with Crippen molar-refractivity contribution in [1.82, 2.24) is 0 Å². The molecular formula is C16H21Br. The standard InChI is InChI=1S/C16H21Br/c1-10(12-6-7-12)14-4-3-5-15(16(14)17)11(2)13-8-9-13/h3-5,10-13H,6-9H2,1-2H3/t10-,11-/m1/s1. The second kappa shape index (κ2) is 4.42. The van der Waals surface area contributed by atoms with E-state index in [-0.39, 0.29) is 0 Å². The van der Waals surface area contributed by atoms with Crippen LogP contribution in [0.15, 0.2) is 22.7 Å². The summed E-state index contributed by atoms with van der Waals surface area (Å²) in [6.45, 7) is 4.78. The Morgan fingerprint density at radius 2 is 1.35 bits per heavy atom. The monoisotopic (exact) mass is 292 g/mol. The van der Waals surface area contributed by atoms with Crippen molar-refractivity contribution in [2.45, 2.75) is 51.4 Å². The highest BCUT2D eigenvalue weighted by Crippen LogP contribution is 2.48. The molecule has 0 spiro atoms. The van der Waals surface area contributed by atoms with E-state index >= 15 is 0 Å². The van der Waals surface area contributed by atoms with Crippen LogP contribution in [0, 0.1) is 11.8 Å². The maximum Gasteiger partial charge on any atom is 0.0244 e. The summed E-state index contributed by atoms with van der Waals surface area (Å²) in [7, 11) is 0. The number of hydrogen-bond acceptors (Lipinski definition) is 0. The molecule has 1 aromatic carbocycles. The summed E-state index contributed by atoms with van der Waals surface area (Å²) in [6, 6.07) is 6.89. The minimum absolute atomic E-state index is 0.732. The summed E-state index contributed by atoms with van der Waals surface area (Å²) >= 11 is 3.87. The summed E-state index contributed by atoms with van der Waals surface area (Å²) in [6.07, 6.45) is 5.71. The molecular weight excluding hydrogens is 272 g/mol. The van der Waals surface area contributed by atoms with Crippen LogP contribution >= 0.6 is 15.9 Å². The van der Waals surface area contributed by atoms with Crippen LogP contribution in [0.5, 0.6) is 0 Å². The number of benzene rings is 1. The Labute approximate surface area is 113 Å². The van der Waals surface area contributed by atoms with E-state index < -0.39 is 0 Å². The highest BCUT2D eigenvalue weighted by molar-refractivity contribution is 9.10. The first kappa shape index (κ1) is 11.8. The first-order valence-corrected chi connectivity index (χ1v) is 7.76. The molecule has 0 aliphatic heterocycles. The maximum atomic E-state index is 3.87. The SMILES string of the molecule is C[C@@H](c1cccc([C@H](C)C2CC2)c1Br)C1CC1. The predicted molar refractivity (Wildman–Crippen MR) is 76.4 cm³/mol. The van der Waals surface area contributed by atoms with Gasteiger partial charge in [-0.1, -0.05) is 48.0 Å². The zero-order valence-corrected chi connectivity index (χ0v) is 12.3. The fraction of sp³-hybridized carbons (Fsp3) is 0.625. The van der Waals surface area contributed by atoms with Gasteiger partial charge in [-0.05, 0) is 60.5 Å². The van der Waals surface area contributed by atoms with Gasteiger partial charge in [0, 0.05) is 4.47 Å². The highest BCUT2D eigenvalue weighted by atomic mass is 79.9. The molecule has 0 nitrogen and oxygen atoms in total. The van der Waals surface area contributed by atoms with Crippen LogP contribution < -0.4 is 0 Å². The highest BCUT2D eigenvalue weighted by Gasteiger charge is 2.33. The van der Waals surface area contributed by atoms with Crippen LogP contribution in [0.2, 0.25) is 0 Å². The van der Waals surface area contributed by atoms with Crippen molar-refractivity contribution in [2.75, 3.05) is 0 Å². The molecule has 0 unspecified atom stereocenters. The van der Waals surface area contributed by atoms with Gasteiger partial charge in [0.25, 0.3) is 0 Å². The molecule has 2 saturated carbocycles. The van der Waals surface area contributed by atoms with Gasteiger partial charge < -0.3 is 0 Å². The second-order valence-electron chi connectivity index (χ2n) is 6.00. The third kappa shape index (κ3) is 2.31. The molecule has 2 aliphatic carbocycles. The van der Waals surface area contributed by atoms with E-state index in [0.717, 1.165) is 23.7 Å². The van der Waals surface area contributed by atoms with Gasteiger partial charge in [-0.2, -0.15) is 0 Å². The van der Waals surface area contributed by atoms with Crippen LogP contribution in [0.3, 0.4) is 0 Å². The van der Waals surface area contributed by atoms with Gasteiger partial charge in [-0.15, -0.1) is 0 Å². The topological polar surface area (TPSA) is 0 Å². The van der Waals surface area contributed by atoms with Gasteiger partial charge >= 0.3 is 0 Å². The molecule has 0 N–H and O–H groups in total. The largest absolute Gasteiger partial charge is 0.0616 e. The minimum atomic E-state index is 0.732. The van der Waals surface area contributed by atoms with Gasteiger partial charge in [0.1, 0.15) is 0 Å².